The molecule has 1 aliphatic heterocycles. The monoisotopic (exact) mass is 738 g/mol. The molecule has 1 saturated heterocycles. The Morgan fingerprint density at radius 2 is 1.21 bits per heavy atom. The quantitative estimate of drug-likeness (QED) is 0.149. The number of nitrogens with zero attached hydrogens (tertiary/aromatic N) is 5. The molecule has 0 spiro atoms. The molecule has 2 atom stereocenters. The summed E-state index contributed by atoms with van der Waals surface area (Å²) in [6.45, 7) is 16.9. The lowest BCUT2D eigenvalue weighted by atomic mass is 10.4. The van der Waals surface area contributed by atoms with Crippen molar-refractivity contribution in [1.82, 2.24) is 23.6 Å². The first kappa shape index (κ1) is 53.6. The molecule has 48 heavy (non-hydrogen) atoms. The summed E-state index contributed by atoms with van der Waals surface area (Å²) in [5, 5.41) is 8.06. The van der Waals surface area contributed by atoms with Crippen molar-refractivity contribution in [2.75, 3.05) is 101 Å². The van der Waals surface area contributed by atoms with Crippen molar-refractivity contribution < 1.29 is 47.1 Å². The van der Waals surface area contributed by atoms with E-state index in [1.54, 1.807) is 72.5 Å². The van der Waals surface area contributed by atoms with Crippen LogP contribution in [0.1, 0.15) is 69.7 Å². The Morgan fingerprint density at radius 1 is 0.771 bits per heavy atom. The van der Waals surface area contributed by atoms with Gasteiger partial charge in [0, 0.05) is 38.9 Å². The highest BCUT2D eigenvalue weighted by Gasteiger charge is 2.38. The number of aliphatic hydroxyl groups excluding tert-OH is 1. The molecule has 0 aromatic carbocycles. The summed E-state index contributed by atoms with van der Waals surface area (Å²) in [7, 11) is 2.13. The third-order valence-electron chi connectivity index (χ3n) is 5.57. The Hall–Kier alpha value is -1.16. The molecule has 1 rings (SSSR count). The third-order valence-corrected chi connectivity index (χ3v) is 11.1. The van der Waals surface area contributed by atoms with E-state index in [4.69, 9.17) is 34.1 Å². The number of ether oxygens (including phenoxy) is 3. The standard InChI is InChI=1S/C17H36N3O6P.C8H20N3O3P.C3H8O.2CH4/c1-6-11-23-12-13-24-14-15-25-17(21)19-7-9-20(10-8-19)27(22,18(4)5)26-16(2)3;1-7(2)14-15(13,10(3)4)11(5)6-8(9)12;1-3(2)4;;/h16H,6-15H2,1-5H3;7H,6H2,1-5H3,(H2,9,12);3-4H,1-2H3;2*1H4. The van der Waals surface area contributed by atoms with Crippen molar-refractivity contribution in [2.24, 2.45) is 5.73 Å². The molecular weight excluding hydrogens is 666 g/mol. The van der Waals surface area contributed by atoms with Crippen LogP contribution in [0.5, 0.6) is 0 Å². The zero-order chi connectivity index (χ0) is 36.1. The molecule has 0 saturated carbocycles. The number of amides is 2. The molecule has 18 heteroatoms. The van der Waals surface area contributed by atoms with Crippen LogP contribution >= 0.6 is 15.3 Å². The first-order valence-electron chi connectivity index (χ1n) is 15.7. The fourth-order valence-corrected chi connectivity index (χ4v) is 7.52. The Bertz CT molecular complexity index is 918. The second-order valence-corrected chi connectivity index (χ2v) is 16.9. The smallest absolute Gasteiger partial charge is 0.409 e. The second-order valence-electron chi connectivity index (χ2n) is 11.6. The fraction of sp³-hybridized carbons (Fsp3) is 0.933. The van der Waals surface area contributed by atoms with Gasteiger partial charge in [-0.15, -0.1) is 0 Å². The summed E-state index contributed by atoms with van der Waals surface area (Å²) >= 11 is 0. The number of nitrogens with two attached hydrogens (primary N) is 1. The number of likely N-dealkylation sites (N-methyl/N-ethyl adjacent to an activating group) is 1. The molecule has 0 radical (unpaired) electrons. The normalized spacial score (nSPS) is 15.9. The van der Waals surface area contributed by atoms with Gasteiger partial charge < -0.3 is 39.0 Å². The van der Waals surface area contributed by atoms with E-state index in [2.05, 4.69) is 6.92 Å². The minimum Gasteiger partial charge on any atom is -0.447 e. The van der Waals surface area contributed by atoms with Crippen molar-refractivity contribution >= 4 is 27.3 Å². The highest BCUT2D eigenvalue weighted by molar-refractivity contribution is 7.54. The molecule has 1 fully saturated rings. The summed E-state index contributed by atoms with van der Waals surface area (Å²) in [6, 6.07) is 0. The van der Waals surface area contributed by atoms with Gasteiger partial charge in [-0.1, -0.05) is 21.8 Å². The molecule has 0 bridgehead atoms. The average Bonchev–Trinajstić information content (AvgIpc) is 2.93. The van der Waals surface area contributed by atoms with Crippen LogP contribution in [-0.4, -0.2) is 160 Å². The topological polar surface area (TPSA) is 177 Å². The van der Waals surface area contributed by atoms with Crippen molar-refractivity contribution in [2.45, 2.75) is 88.1 Å². The van der Waals surface area contributed by atoms with Crippen molar-refractivity contribution in [3.8, 4) is 0 Å². The molecular formula is C30H72N6O10P2. The van der Waals surface area contributed by atoms with E-state index in [1.165, 1.54) is 9.34 Å². The van der Waals surface area contributed by atoms with Gasteiger partial charge in [-0.05, 0) is 83.2 Å². The minimum atomic E-state index is -3.13. The van der Waals surface area contributed by atoms with Gasteiger partial charge in [0.25, 0.3) is 0 Å². The number of primary amides is 1. The van der Waals surface area contributed by atoms with E-state index in [-0.39, 0.29) is 52.4 Å². The van der Waals surface area contributed by atoms with Gasteiger partial charge in [0.15, 0.2) is 0 Å². The highest BCUT2D eigenvalue weighted by Crippen LogP contribution is 2.54. The number of rotatable bonds is 18. The first-order chi connectivity index (χ1) is 21.2. The van der Waals surface area contributed by atoms with Crippen LogP contribution in [0.4, 0.5) is 4.79 Å². The Kier molecular flexibility index (Phi) is 31.9. The minimum absolute atomic E-state index is 0. The number of piperazine rings is 1. The number of hydrogen-bond acceptors (Lipinski definition) is 10. The summed E-state index contributed by atoms with van der Waals surface area (Å²) in [5.74, 6) is -0.535. The lowest BCUT2D eigenvalue weighted by molar-refractivity contribution is -0.118. The maximum absolute atomic E-state index is 13.2. The molecule has 292 valence electrons. The molecule has 1 heterocycles. The molecule has 2 unspecified atom stereocenters. The third kappa shape index (κ3) is 23.3. The molecule has 0 aliphatic carbocycles. The van der Waals surface area contributed by atoms with E-state index in [9.17, 15) is 18.7 Å². The van der Waals surface area contributed by atoms with E-state index < -0.39 is 21.2 Å². The van der Waals surface area contributed by atoms with Gasteiger partial charge in [0.2, 0.25) is 5.91 Å². The van der Waals surface area contributed by atoms with Crippen LogP contribution in [0.15, 0.2) is 0 Å². The van der Waals surface area contributed by atoms with Gasteiger partial charge in [-0.2, -0.15) is 0 Å². The Balaban J connectivity index is -0.000000391. The maximum atomic E-state index is 13.2. The molecule has 16 nitrogen and oxygen atoms in total. The lowest BCUT2D eigenvalue weighted by Gasteiger charge is -2.40. The zero-order valence-corrected chi connectivity index (χ0v) is 32.1. The van der Waals surface area contributed by atoms with Gasteiger partial charge in [0.05, 0.1) is 38.6 Å². The maximum Gasteiger partial charge on any atom is 0.409 e. The number of hydrogen-bond donors (Lipinski definition) is 2. The predicted molar refractivity (Wildman–Crippen MR) is 194 cm³/mol. The molecule has 2 amide bonds. The van der Waals surface area contributed by atoms with Gasteiger partial charge in [-0.25, -0.2) is 23.5 Å². The van der Waals surface area contributed by atoms with E-state index in [0.29, 0.717) is 46.0 Å². The highest BCUT2D eigenvalue weighted by atomic mass is 31.2. The van der Waals surface area contributed by atoms with Gasteiger partial charge >= 0.3 is 21.4 Å². The zero-order valence-electron chi connectivity index (χ0n) is 30.3. The summed E-state index contributed by atoms with van der Waals surface area (Å²) < 4.78 is 58.8. The van der Waals surface area contributed by atoms with Gasteiger partial charge in [0.1, 0.15) is 6.61 Å². The molecule has 3 N–H and O–H groups in total. The number of carbonyl (C=O) groups is 2. The van der Waals surface area contributed by atoms with E-state index in [0.717, 1.165) is 13.0 Å². The summed E-state index contributed by atoms with van der Waals surface area (Å²) in [5.41, 5.74) is 5.05. The van der Waals surface area contributed by atoms with Crippen LogP contribution in [0, 0.1) is 0 Å². The fourth-order valence-electron chi connectivity index (χ4n) is 3.63. The molecule has 1 aliphatic rings. The second kappa shape index (κ2) is 28.5. The first-order valence-corrected chi connectivity index (χ1v) is 18.7. The Labute approximate surface area is 292 Å². The SMILES string of the molecule is C.C.CC(C)O.CC(C)OP(=O)(N(C)C)N(C)CC(N)=O.CCCOCCOCCOC(=O)N1CCN(P(=O)(OC(C)C)N(C)C)CC1. The largest absolute Gasteiger partial charge is 0.447 e. The van der Waals surface area contributed by atoms with E-state index >= 15 is 0 Å². The van der Waals surface area contributed by atoms with Crippen LogP contribution in [0.25, 0.3) is 0 Å². The van der Waals surface area contributed by atoms with E-state index in [1.807, 2.05) is 18.5 Å². The summed E-state index contributed by atoms with van der Waals surface area (Å²) in [4.78, 5) is 24.5. The Morgan fingerprint density at radius 3 is 1.58 bits per heavy atom. The summed E-state index contributed by atoms with van der Waals surface area (Å²) in [6.07, 6.45) is 0.116. The predicted octanol–water partition coefficient (Wildman–Crippen LogP) is 4.44. The van der Waals surface area contributed by atoms with Crippen molar-refractivity contribution in [3.05, 3.63) is 0 Å². The number of aliphatic hydroxyl groups is 1. The lowest BCUT2D eigenvalue weighted by Crippen LogP contribution is -2.49. The molecule has 0 aromatic heterocycles. The van der Waals surface area contributed by atoms with Crippen LogP contribution in [0.3, 0.4) is 0 Å². The van der Waals surface area contributed by atoms with Crippen LogP contribution in [0.2, 0.25) is 0 Å². The average molecular weight is 739 g/mol. The molecule has 0 aromatic rings. The van der Waals surface area contributed by atoms with Crippen molar-refractivity contribution in [1.29, 1.82) is 0 Å². The van der Waals surface area contributed by atoms with Crippen LogP contribution < -0.4 is 5.73 Å². The number of carbonyl (C=O) groups excluding carboxylic acids is 2. The van der Waals surface area contributed by atoms with Crippen molar-refractivity contribution in [3.63, 3.8) is 0 Å². The van der Waals surface area contributed by atoms with Crippen LogP contribution in [-0.2, 0) is 37.2 Å². The van der Waals surface area contributed by atoms with Gasteiger partial charge in [-0.3, -0.25) is 13.9 Å².